The normalized spacial score (nSPS) is 23.9. The minimum Gasteiger partial charge on any atom is -0.497 e. The van der Waals surface area contributed by atoms with E-state index in [9.17, 15) is 0 Å². The van der Waals surface area contributed by atoms with E-state index in [4.69, 9.17) is 14.2 Å². The number of para-hydroxylation sites is 1. The zero-order chi connectivity index (χ0) is 21.6. The van der Waals surface area contributed by atoms with Gasteiger partial charge in [-0.2, -0.15) is 0 Å². The van der Waals surface area contributed by atoms with Crippen LogP contribution in [0.15, 0.2) is 61.2 Å². The highest BCUT2D eigenvalue weighted by Gasteiger charge is 2.41. The van der Waals surface area contributed by atoms with Crippen LogP contribution in [0.1, 0.15) is 18.4 Å². The Hall–Kier alpha value is -2.50. The van der Waals surface area contributed by atoms with Crippen molar-refractivity contribution in [3.05, 3.63) is 66.7 Å². The molecule has 5 heteroatoms. The molecular formula is C26H34N2O3. The third-order valence-electron chi connectivity index (χ3n) is 6.71. The van der Waals surface area contributed by atoms with Crippen LogP contribution in [-0.4, -0.2) is 62.3 Å². The van der Waals surface area contributed by atoms with Crippen molar-refractivity contribution in [3.8, 4) is 17.2 Å². The van der Waals surface area contributed by atoms with E-state index in [-0.39, 0.29) is 0 Å². The second-order valence-electron chi connectivity index (χ2n) is 8.53. The van der Waals surface area contributed by atoms with Gasteiger partial charge < -0.3 is 14.2 Å². The van der Waals surface area contributed by atoms with Crippen LogP contribution >= 0.6 is 0 Å². The fourth-order valence-electron chi connectivity index (χ4n) is 5.03. The molecule has 166 valence electrons. The highest BCUT2D eigenvalue weighted by atomic mass is 16.5. The lowest BCUT2D eigenvalue weighted by molar-refractivity contribution is 0.0194. The summed E-state index contributed by atoms with van der Waals surface area (Å²) in [5.41, 5.74) is 1.20. The summed E-state index contributed by atoms with van der Waals surface area (Å²) in [6, 6.07) is 17.3. The molecule has 5 nitrogen and oxygen atoms in total. The lowest BCUT2D eigenvalue weighted by atomic mass is 9.95. The Bertz CT molecular complexity index is 857. The van der Waals surface area contributed by atoms with Gasteiger partial charge in [0.2, 0.25) is 0 Å². The molecule has 0 saturated carbocycles. The minimum atomic E-state index is 0.439. The molecule has 2 bridgehead atoms. The molecule has 3 aliphatic heterocycles. The molecule has 0 spiro atoms. The van der Waals surface area contributed by atoms with Gasteiger partial charge in [0.05, 0.1) is 20.8 Å². The quantitative estimate of drug-likeness (QED) is 0.565. The molecule has 3 fully saturated rings. The predicted octanol–water partition coefficient (Wildman–Crippen LogP) is 4.23. The summed E-state index contributed by atoms with van der Waals surface area (Å²) < 4.78 is 17.3. The first-order valence-corrected chi connectivity index (χ1v) is 11.2. The standard InChI is InChI=1S/C26H34N2O3/c1-4-14-27-18-25-21(19-31-23-8-6-5-7-9-23)10-12-22(27)17-28(25)16-20-11-13-24(29-2)15-26(20)30-3/h4-9,11,13,15,21-22,25H,1,10,12,14,16-19H2,2-3H3/t21-,22+,25-/m1/s1. The molecule has 0 aliphatic carbocycles. The average molecular weight is 423 g/mol. The lowest BCUT2D eigenvalue weighted by Gasteiger charge is -2.45. The van der Waals surface area contributed by atoms with Crippen LogP contribution in [-0.2, 0) is 6.54 Å². The van der Waals surface area contributed by atoms with Gasteiger partial charge in [-0.05, 0) is 31.0 Å². The van der Waals surface area contributed by atoms with Crippen molar-refractivity contribution >= 4 is 0 Å². The van der Waals surface area contributed by atoms with Crippen molar-refractivity contribution in [1.82, 2.24) is 9.80 Å². The molecule has 0 aromatic heterocycles. The molecule has 0 unspecified atom stereocenters. The first-order valence-electron chi connectivity index (χ1n) is 11.2. The molecule has 3 aliphatic rings. The summed E-state index contributed by atoms with van der Waals surface area (Å²) in [4.78, 5) is 5.24. The third-order valence-corrected chi connectivity index (χ3v) is 6.71. The second-order valence-corrected chi connectivity index (χ2v) is 8.53. The van der Waals surface area contributed by atoms with Crippen molar-refractivity contribution in [1.29, 1.82) is 0 Å². The topological polar surface area (TPSA) is 34.2 Å². The SMILES string of the molecule is C=CCN1C[C@@H]2[C@@H](COc3ccccc3)CC[C@H]1CN2Cc1ccc(OC)cc1OC. The van der Waals surface area contributed by atoms with Gasteiger partial charge in [-0.1, -0.05) is 30.3 Å². The fourth-order valence-corrected chi connectivity index (χ4v) is 5.03. The molecule has 2 aromatic carbocycles. The van der Waals surface area contributed by atoms with Gasteiger partial charge in [-0.3, -0.25) is 9.80 Å². The van der Waals surface area contributed by atoms with Crippen LogP contribution in [0, 0.1) is 5.92 Å². The van der Waals surface area contributed by atoms with E-state index in [2.05, 4.69) is 22.4 Å². The Kier molecular flexibility index (Phi) is 7.15. The number of nitrogens with zero attached hydrogens (tertiary/aromatic N) is 2. The molecule has 0 N–H and O–H groups in total. The average Bonchev–Trinajstić information content (AvgIpc) is 3.08. The number of hydrogen-bond acceptors (Lipinski definition) is 5. The van der Waals surface area contributed by atoms with Gasteiger partial charge in [-0.15, -0.1) is 6.58 Å². The maximum absolute atomic E-state index is 6.21. The Morgan fingerprint density at radius 3 is 2.55 bits per heavy atom. The number of rotatable bonds is 9. The molecule has 31 heavy (non-hydrogen) atoms. The van der Waals surface area contributed by atoms with E-state index >= 15 is 0 Å². The Labute approximate surface area is 186 Å². The summed E-state index contributed by atoms with van der Waals surface area (Å²) in [5, 5.41) is 0. The molecular weight excluding hydrogens is 388 g/mol. The smallest absolute Gasteiger partial charge is 0.127 e. The molecule has 0 radical (unpaired) electrons. The number of ether oxygens (including phenoxy) is 3. The highest BCUT2D eigenvalue weighted by Crippen LogP contribution is 2.35. The van der Waals surface area contributed by atoms with Gasteiger partial charge in [0.15, 0.2) is 0 Å². The van der Waals surface area contributed by atoms with Crippen molar-refractivity contribution in [2.24, 2.45) is 5.92 Å². The molecule has 5 rings (SSSR count). The van der Waals surface area contributed by atoms with Crippen LogP contribution in [0.3, 0.4) is 0 Å². The Morgan fingerprint density at radius 2 is 1.81 bits per heavy atom. The summed E-state index contributed by atoms with van der Waals surface area (Å²) in [5.74, 6) is 3.15. The molecule has 3 atom stereocenters. The summed E-state index contributed by atoms with van der Waals surface area (Å²) in [6.07, 6.45) is 4.42. The van der Waals surface area contributed by atoms with Crippen LogP contribution in [0.4, 0.5) is 0 Å². The van der Waals surface area contributed by atoms with E-state index in [0.29, 0.717) is 18.0 Å². The number of hydrogen-bond donors (Lipinski definition) is 0. The first-order chi connectivity index (χ1) is 15.2. The molecule has 2 aromatic rings. The highest BCUT2D eigenvalue weighted by molar-refractivity contribution is 5.40. The summed E-state index contributed by atoms with van der Waals surface area (Å²) in [7, 11) is 3.42. The van der Waals surface area contributed by atoms with Crippen molar-refractivity contribution in [2.45, 2.75) is 31.5 Å². The van der Waals surface area contributed by atoms with E-state index < -0.39 is 0 Å². The van der Waals surface area contributed by atoms with Crippen LogP contribution in [0.5, 0.6) is 17.2 Å². The number of piperazine rings is 1. The van der Waals surface area contributed by atoms with E-state index in [1.807, 2.05) is 48.5 Å². The maximum Gasteiger partial charge on any atom is 0.127 e. The van der Waals surface area contributed by atoms with E-state index in [1.54, 1.807) is 14.2 Å². The van der Waals surface area contributed by atoms with E-state index in [1.165, 1.54) is 18.4 Å². The summed E-state index contributed by atoms with van der Waals surface area (Å²) in [6.45, 7) is 8.67. The molecule has 0 amide bonds. The van der Waals surface area contributed by atoms with Gasteiger partial charge in [0, 0.05) is 55.8 Å². The predicted molar refractivity (Wildman–Crippen MR) is 124 cm³/mol. The fraction of sp³-hybridized carbons (Fsp3) is 0.462. The van der Waals surface area contributed by atoms with Crippen molar-refractivity contribution < 1.29 is 14.2 Å². The zero-order valence-electron chi connectivity index (χ0n) is 18.7. The number of benzene rings is 2. The summed E-state index contributed by atoms with van der Waals surface area (Å²) >= 11 is 0. The minimum absolute atomic E-state index is 0.439. The zero-order valence-corrected chi connectivity index (χ0v) is 18.7. The van der Waals surface area contributed by atoms with Crippen LogP contribution in [0.2, 0.25) is 0 Å². The van der Waals surface area contributed by atoms with E-state index in [0.717, 1.165) is 50.0 Å². The number of fused-ring (bicyclic) bond motifs is 4. The van der Waals surface area contributed by atoms with Crippen molar-refractivity contribution in [2.75, 3.05) is 40.5 Å². The van der Waals surface area contributed by atoms with Gasteiger partial charge in [0.1, 0.15) is 17.2 Å². The maximum atomic E-state index is 6.21. The third kappa shape index (κ3) is 5.05. The van der Waals surface area contributed by atoms with Gasteiger partial charge in [-0.25, -0.2) is 0 Å². The van der Waals surface area contributed by atoms with Crippen molar-refractivity contribution in [3.63, 3.8) is 0 Å². The number of methoxy groups -OCH3 is 2. The Morgan fingerprint density at radius 1 is 0.968 bits per heavy atom. The lowest BCUT2D eigenvalue weighted by Crippen LogP contribution is -2.57. The molecule has 3 saturated heterocycles. The monoisotopic (exact) mass is 422 g/mol. The van der Waals surface area contributed by atoms with Crippen LogP contribution < -0.4 is 14.2 Å². The van der Waals surface area contributed by atoms with Gasteiger partial charge in [0.25, 0.3) is 0 Å². The van der Waals surface area contributed by atoms with Gasteiger partial charge >= 0.3 is 0 Å². The molecule has 3 heterocycles. The van der Waals surface area contributed by atoms with Crippen LogP contribution in [0.25, 0.3) is 0 Å². The Balaban J connectivity index is 1.53. The first kappa shape index (κ1) is 21.7. The largest absolute Gasteiger partial charge is 0.497 e. The second kappa shape index (κ2) is 10.2.